The average Bonchev–Trinajstić information content (AvgIpc) is 2.94. The van der Waals surface area contributed by atoms with Crippen LogP contribution in [0.3, 0.4) is 0 Å². The zero-order chi connectivity index (χ0) is 16.5. The van der Waals surface area contributed by atoms with E-state index in [1.54, 1.807) is 18.5 Å². The summed E-state index contributed by atoms with van der Waals surface area (Å²) in [4.78, 5) is 16.8. The lowest BCUT2D eigenvalue weighted by atomic mass is 10.1. The molecule has 0 radical (unpaired) electrons. The van der Waals surface area contributed by atoms with Gasteiger partial charge in [0, 0.05) is 28.5 Å². The summed E-state index contributed by atoms with van der Waals surface area (Å²) in [6, 6.07) is 9.22. The Labute approximate surface area is 142 Å². The molecule has 4 rings (SSSR count). The molecule has 3 heterocycles. The summed E-state index contributed by atoms with van der Waals surface area (Å²) < 4.78 is 5.93. The number of nitrogens with zero attached hydrogens (tertiary/aromatic N) is 4. The van der Waals surface area contributed by atoms with Gasteiger partial charge in [0.25, 0.3) is 0 Å². The van der Waals surface area contributed by atoms with Gasteiger partial charge in [-0.1, -0.05) is 11.6 Å². The summed E-state index contributed by atoms with van der Waals surface area (Å²) in [7, 11) is 0. The summed E-state index contributed by atoms with van der Waals surface area (Å²) in [5, 5.41) is 4.58. The van der Waals surface area contributed by atoms with Gasteiger partial charge in [-0.25, -0.2) is 19.9 Å². The molecule has 118 valence electrons. The fourth-order valence-corrected chi connectivity index (χ4v) is 2.64. The second kappa shape index (κ2) is 5.90. The maximum Gasteiger partial charge on any atom is 0.232 e. The SMILES string of the molecule is Cc1c(-c2ccc(Cl)cc2)oc2ncnc(Nc3ncccn3)c12. The monoisotopic (exact) mass is 337 g/mol. The fraction of sp³-hybridized carbons (Fsp3) is 0.0588. The van der Waals surface area contributed by atoms with Crippen LogP contribution in [0.2, 0.25) is 5.02 Å². The molecular weight excluding hydrogens is 326 g/mol. The minimum atomic E-state index is 0.464. The van der Waals surface area contributed by atoms with E-state index >= 15 is 0 Å². The number of nitrogens with one attached hydrogen (secondary N) is 1. The molecular formula is C17H12ClN5O. The number of aromatic nitrogens is 4. The molecule has 7 heteroatoms. The molecule has 3 aromatic heterocycles. The van der Waals surface area contributed by atoms with Gasteiger partial charge in [-0.05, 0) is 37.3 Å². The number of aryl methyl sites for hydroxylation is 1. The van der Waals surface area contributed by atoms with Gasteiger partial charge in [-0.2, -0.15) is 0 Å². The minimum Gasteiger partial charge on any atom is -0.437 e. The lowest BCUT2D eigenvalue weighted by molar-refractivity contribution is 0.615. The molecule has 0 aliphatic rings. The average molecular weight is 338 g/mol. The maximum absolute atomic E-state index is 5.96. The molecule has 24 heavy (non-hydrogen) atoms. The van der Waals surface area contributed by atoms with Crippen LogP contribution in [0, 0.1) is 6.92 Å². The van der Waals surface area contributed by atoms with Crippen LogP contribution in [0.15, 0.2) is 53.5 Å². The number of furan rings is 1. The van der Waals surface area contributed by atoms with E-state index in [1.807, 2.05) is 31.2 Å². The molecule has 0 saturated heterocycles. The van der Waals surface area contributed by atoms with Crippen molar-refractivity contribution >= 4 is 34.5 Å². The van der Waals surface area contributed by atoms with Gasteiger partial charge in [0.2, 0.25) is 11.7 Å². The first-order valence-corrected chi connectivity index (χ1v) is 7.64. The molecule has 1 aromatic carbocycles. The van der Waals surface area contributed by atoms with Crippen LogP contribution in [-0.2, 0) is 0 Å². The predicted octanol–water partition coefficient (Wildman–Crippen LogP) is 4.39. The Bertz CT molecular complexity index is 999. The minimum absolute atomic E-state index is 0.464. The van der Waals surface area contributed by atoms with Gasteiger partial charge in [-0.15, -0.1) is 0 Å². The Morgan fingerprint density at radius 2 is 1.75 bits per heavy atom. The maximum atomic E-state index is 5.96. The van der Waals surface area contributed by atoms with E-state index < -0.39 is 0 Å². The first-order chi connectivity index (χ1) is 11.7. The molecule has 0 fully saturated rings. The first-order valence-electron chi connectivity index (χ1n) is 7.26. The van der Waals surface area contributed by atoms with Crippen molar-refractivity contribution in [3.05, 3.63) is 59.6 Å². The topological polar surface area (TPSA) is 76.7 Å². The van der Waals surface area contributed by atoms with Gasteiger partial charge >= 0.3 is 0 Å². The van der Waals surface area contributed by atoms with E-state index in [4.69, 9.17) is 16.0 Å². The van der Waals surface area contributed by atoms with Crippen LogP contribution in [-0.4, -0.2) is 19.9 Å². The smallest absolute Gasteiger partial charge is 0.232 e. The molecule has 0 atom stereocenters. The summed E-state index contributed by atoms with van der Waals surface area (Å²) in [5.41, 5.74) is 2.37. The first kappa shape index (κ1) is 14.6. The standard InChI is InChI=1S/C17H12ClN5O/c1-10-13-15(23-17-19-7-2-8-20-17)21-9-22-16(13)24-14(10)11-3-5-12(18)6-4-11/h2-9H,1H3,(H,19,20,21,22,23). The van der Waals surface area contributed by atoms with Gasteiger partial charge in [0.05, 0.1) is 5.39 Å². The summed E-state index contributed by atoms with van der Waals surface area (Å²) in [5.74, 6) is 1.80. The lowest BCUT2D eigenvalue weighted by Crippen LogP contribution is -1.99. The van der Waals surface area contributed by atoms with Crippen molar-refractivity contribution in [2.24, 2.45) is 0 Å². The van der Waals surface area contributed by atoms with Crippen molar-refractivity contribution in [2.75, 3.05) is 5.32 Å². The number of hydrogen-bond donors (Lipinski definition) is 1. The Morgan fingerprint density at radius 3 is 2.50 bits per heavy atom. The van der Waals surface area contributed by atoms with Crippen LogP contribution in [0.1, 0.15) is 5.56 Å². The molecule has 0 aliphatic carbocycles. The molecule has 0 bridgehead atoms. The third-order valence-corrected chi connectivity index (χ3v) is 3.88. The van der Waals surface area contributed by atoms with Crippen molar-refractivity contribution in [2.45, 2.75) is 6.92 Å². The van der Waals surface area contributed by atoms with Crippen LogP contribution in [0.4, 0.5) is 11.8 Å². The molecule has 0 saturated carbocycles. The van der Waals surface area contributed by atoms with E-state index in [0.29, 0.717) is 22.5 Å². The zero-order valence-corrected chi connectivity index (χ0v) is 13.4. The highest BCUT2D eigenvalue weighted by Crippen LogP contribution is 2.35. The van der Waals surface area contributed by atoms with Crippen LogP contribution < -0.4 is 5.32 Å². The molecule has 6 nitrogen and oxygen atoms in total. The predicted molar refractivity (Wildman–Crippen MR) is 92.3 cm³/mol. The molecule has 0 spiro atoms. The summed E-state index contributed by atoms with van der Waals surface area (Å²) in [6.45, 7) is 1.97. The number of halogens is 1. The van der Waals surface area contributed by atoms with E-state index in [-0.39, 0.29) is 0 Å². The summed E-state index contributed by atoms with van der Waals surface area (Å²) in [6.07, 6.45) is 4.77. The van der Waals surface area contributed by atoms with Crippen LogP contribution in [0.25, 0.3) is 22.4 Å². The second-order valence-corrected chi connectivity index (χ2v) is 5.60. The van der Waals surface area contributed by atoms with E-state index in [0.717, 1.165) is 22.3 Å². The van der Waals surface area contributed by atoms with Crippen molar-refractivity contribution in [3.8, 4) is 11.3 Å². The number of rotatable bonds is 3. The van der Waals surface area contributed by atoms with E-state index in [9.17, 15) is 0 Å². The van der Waals surface area contributed by atoms with Crippen molar-refractivity contribution in [1.29, 1.82) is 0 Å². The van der Waals surface area contributed by atoms with Gasteiger partial charge in [0.15, 0.2) is 0 Å². The van der Waals surface area contributed by atoms with E-state index in [1.165, 1.54) is 6.33 Å². The Morgan fingerprint density at radius 1 is 1.00 bits per heavy atom. The normalized spacial score (nSPS) is 10.9. The highest BCUT2D eigenvalue weighted by Gasteiger charge is 2.18. The molecule has 0 unspecified atom stereocenters. The van der Waals surface area contributed by atoms with Gasteiger partial charge < -0.3 is 9.73 Å². The number of anilines is 2. The van der Waals surface area contributed by atoms with Gasteiger partial charge in [-0.3, -0.25) is 0 Å². The lowest BCUT2D eigenvalue weighted by Gasteiger charge is -2.04. The molecule has 1 N–H and O–H groups in total. The molecule has 4 aromatic rings. The Kier molecular flexibility index (Phi) is 3.59. The number of benzene rings is 1. The number of hydrogen-bond acceptors (Lipinski definition) is 6. The van der Waals surface area contributed by atoms with E-state index in [2.05, 4.69) is 25.3 Å². The Balaban J connectivity index is 1.84. The third-order valence-electron chi connectivity index (χ3n) is 3.63. The highest BCUT2D eigenvalue weighted by atomic mass is 35.5. The summed E-state index contributed by atoms with van der Waals surface area (Å²) >= 11 is 5.96. The van der Waals surface area contributed by atoms with Crippen molar-refractivity contribution in [3.63, 3.8) is 0 Å². The van der Waals surface area contributed by atoms with Crippen LogP contribution >= 0.6 is 11.6 Å². The third kappa shape index (κ3) is 2.57. The van der Waals surface area contributed by atoms with Crippen molar-refractivity contribution in [1.82, 2.24) is 19.9 Å². The van der Waals surface area contributed by atoms with Crippen LogP contribution in [0.5, 0.6) is 0 Å². The molecule has 0 amide bonds. The number of fused-ring (bicyclic) bond motifs is 1. The highest BCUT2D eigenvalue weighted by molar-refractivity contribution is 6.30. The quantitative estimate of drug-likeness (QED) is 0.597. The zero-order valence-electron chi connectivity index (χ0n) is 12.7. The van der Waals surface area contributed by atoms with Crippen molar-refractivity contribution < 1.29 is 4.42 Å². The second-order valence-electron chi connectivity index (χ2n) is 5.16. The Hall–Kier alpha value is -2.99. The van der Waals surface area contributed by atoms with Gasteiger partial charge in [0.1, 0.15) is 17.9 Å². The largest absolute Gasteiger partial charge is 0.437 e. The molecule has 0 aliphatic heterocycles. The fourth-order valence-electron chi connectivity index (χ4n) is 2.51.